The molecule has 0 aliphatic heterocycles. The summed E-state index contributed by atoms with van der Waals surface area (Å²) >= 11 is 0. The lowest BCUT2D eigenvalue weighted by Crippen LogP contribution is -2.40. The summed E-state index contributed by atoms with van der Waals surface area (Å²) in [5, 5.41) is 6.34. The molecule has 2 atom stereocenters. The van der Waals surface area contributed by atoms with Crippen LogP contribution < -0.4 is 10.6 Å². The van der Waals surface area contributed by atoms with E-state index in [2.05, 4.69) is 31.4 Å². The molecule has 1 aliphatic rings. The Balaban J connectivity index is 2.07. The van der Waals surface area contributed by atoms with Crippen LogP contribution in [-0.4, -0.2) is 25.0 Å². The maximum absolute atomic E-state index is 11.6. The van der Waals surface area contributed by atoms with Gasteiger partial charge in [0.05, 0.1) is 6.54 Å². The molecule has 0 aromatic rings. The van der Waals surface area contributed by atoms with Crippen LogP contribution in [0.2, 0.25) is 0 Å². The molecule has 3 nitrogen and oxygen atoms in total. The van der Waals surface area contributed by atoms with Gasteiger partial charge in [-0.05, 0) is 44.1 Å². The van der Waals surface area contributed by atoms with Crippen LogP contribution >= 0.6 is 0 Å². The van der Waals surface area contributed by atoms with Crippen molar-refractivity contribution in [2.75, 3.05) is 13.1 Å². The second-order valence-corrected chi connectivity index (χ2v) is 5.50. The van der Waals surface area contributed by atoms with Crippen LogP contribution in [-0.2, 0) is 4.79 Å². The highest BCUT2D eigenvalue weighted by atomic mass is 16.1. The highest BCUT2D eigenvalue weighted by Gasteiger charge is 2.20. The topological polar surface area (TPSA) is 41.1 Å². The minimum absolute atomic E-state index is 0.143. The molecular weight excluding hydrogens is 212 g/mol. The van der Waals surface area contributed by atoms with E-state index in [9.17, 15) is 4.79 Å². The molecule has 2 N–H and O–H groups in total. The number of hydrogen-bond donors (Lipinski definition) is 2. The molecular formula is C14H28N2O. The fraction of sp³-hybridized carbons (Fsp3) is 0.929. The van der Waals surface area contributed by atoms with Crippen LogP contribution in [0, 0.1) is 11.8 Å². The number of nitrogens with one attached hydrogen (secondary N) is 2. The van der Waals surface area contributed by atoms with E-state index in [1.165, 1.54) is 19.3 Å². The van der Waals surface area contributed by atoms with Crippen molar-refractivity contribution < 1.29 is 4.79 Å². The van der Waals surface area contributed by atoms with Crippen LogP contribution in [0.4, 0.5) is 0 Å². The third-order valence-corrected chi connectivity index (χ3v) is 3.87. The lowest BCUT2D eigenvalue weighted by molar-refractivity contribution is -0.121. The average molecular weight is 240 g/mol. The van der Waals surface area contributed by atoms with Gasteiger partial charge >= 0.3 is 0 Å². The van der Waals surface area contributed by atoms with Crippen LogP contribution in [0.15, 0.2) is 0 Å². The number of rotatable bonds is 7. The average Bonchev–Trinajstić information content (AvgIpc) is 2.72. The van der Waals surface area contributed by atoms with Crippen LogP contribution in [0.25, 0.3) is 0 Å². The summed E-state index contributed by atoms with van der Waals surface area (Å²) in [6, 6.07) is 0.343. The van der Waals surface area contributed by atoms with Crippen LogP contribution in [0.3, 0.4) is 0 Å². The predicted molar refractivity (Wildman–Crippen MR) is 71.9 cm³/mol. The van der Waals surface area contributed by atoms with E-state index in [1.807, 2.05) is 0 Å². The number of carbonyl (C=O) groups excluding carboxylic acids is 1. The quantitative estimate of drug-likeness (QED) is 0.717. The van der Waals surface area contributed by atoms with Gasteiger partial charge in [-0.15, -0.1) is 0 Å². The molecule has 3 heteroatoms. The van der Waals surface area contributed by atoms with Crippen molar-refractivity contribution in [2.24, 2.45) is 11.8 Å². The first-order valence-corrected chi connectivity index (χ1v) is 7.15. The lowest BCUT2D eigenvalue weighted by Gasteiger charge is -2.16. The van der Waals surface area contributed by atoms with E-state index >= 15 is 0 Å². The number of amides is 1. The molecule has 2 unspecified atom stereocenters. The smallest absolute Gasteiger partial charge is 0.234 e. The monoisotopic (exact) mass is 240 g/mol. The maximum Gasteiger partial charge on any atom is 0.234 e. The minimum Gasteiger partial charge on any atom is -0.352 e. The summed E-state index contributed by atoms with van der Waals surface area (Å²) in [7, 11) is 0. The highest BCUT2D eigenvalue weighted by Crippen LogP contribution is 2.29. The third kappa shape index (κ3) is 5.53. The van der Waals surface area contributed by atoms with E-state index < -0.39 is 0 Å². The Bertz CT molecular complexity index is 226. The van der Waals surface area contributed by atoms with Crippen molar-refractivity contribution in [1.82, 2.24) is 10.6 Å². The fourth-order valence-corrected chi connectivity index (χ4v) is 2.67. The van der Waals surface area contributed by atoms with Gasteiger partial charge in [-0.3, -0.25) is 4.79 Å². The largest absolute Gasteiger partial charge is 0.352 e. The zero-order valence-electron chi connectivity index (χ0n) is 11.6. The Labute approximate surface area is 106 Å². The van der Waals surface area contributed by atoms with Gasteiger partial charge in [0.1, 0.15) is 0 Å². The van der Waals surface area contributed by atoms with Crippen LogP contribution in [0.5, 0.6) is 0 Å². The second-order valence-electron chi connectivity index (χ2n) is 5.50. The van der Waals surface area contributed by atoms with Gasteiger partial charge in [-0.25, -0.2) is 0 Å². The van der Waals surface area contributed by atoms with Gasteiger partial charge in [0.25, 0.3) is 0 Å². The molecule has 0 bridgehead atoms. The molecule has 0 aromatic carbocycles. The molecule has 1 fully saturated rings. The molecule has 100 valence electrons. The Morgan fingerprint density at radius 1 is 1.29 bits per heavy atom. The van der Waals surface area contributed by atoms with Gasteiger partial charge in [0.2, 0.25) is 5.91 Å². The fourth-order valence-electron chi connectivity index (χ4n) is 2.67. The summed E-state index contributed by atoms with van der Waals surface area (Å²) in [4.78, 5) is 11.6. The number of hydrogen-bond acceptors (Lipinski definition) is 2. The van der Waals surface area contributed by atoms with Crippen molar-refractivity contribution >= 4 is 5.91 Å². The molecule has 0 saturated heterocycles. The van der Waals surface area contributed by atoms with Crippen molar-refractivity contribution in [2.45, 2.75) is 58.9 Å². The summed E-state index contributed by atoms with van der Waals surface area (Å²) in [5.74, 6) is 1.80. The second kappa shape index (κ2) is 7.70. The van der Waals surface area contributed by atoms with E-state index in [0.717, 1.165) is 31.2 Å². The molecule has 0 aromatic heterocycles. The summed E-state index contributed by atoms with van der Waals surface area (Å²) in [6.07, 6.45) is 6.03. The zero-order valence-corrected chi connectivity index (χ0v) is 11.6. The normalized spacial score (nSPS) is 24.2. The van der Waals surface area contributed by atoms with E-state index in [1.54, 1.807) is 0 Å². The SMILES string of the molecule is CCC(CC)NC(=O)CNCC1CCC(C)C1. The molecule has 17 heavy (non-hydrogen) atoms. The van der Waals surface area contributed by atoms with Gasteiger partial charge in [-0.1, -0.05) is 27.2 Å². The summed E-state index contributed by atoms with van der Waals surface area (Å²) in [5.41, 5.74) is 0. The molecule has 0 heterocycles. The number of carbonyl (C=O) groups is 1. The Hall–Kier alpha value is -0.570. The van der Waals surface area contributed by atoms with Crippen molar-refractivity contribution in [1.29, 1.82) is 0 Å². The first-order valence-electron chi connectivity index (χ1n) is 7.15. The predicted octanol–water partition coefficient (Wildman–Crippen LogP) is 2.32. The van der Waals surface area contributed by atoms with Crippen molar-refractivity contribution in [3.8, 4) is 0 Å². The van der Waals surface area contributed by atoms with E-state index in [0.29, 0.717) is 12.6 Å². The Kier molecular flexibility index (Phi) is 6.56. The summed E-state index contributed by atoms with van der Waals surface area (Å²) in [6.45, 7) is 8.02. The third-order valence-electron chi connectivity index (χ3n) is 3.87. The molecule has 1 rings (SSSR count). The zero-order chi connectivity index (χ0) is 12.7. The first-order chi connectivity index (χ1) is 8.15. The maximum atomic E-state index is 11.6. The highest BCUT2D eigenvalue weighted by molar-refractivity contribution is 5.78. The van der Waals surface area contributed by atoms with Crippen LogP contribution in [0.1, 0.15) is 52.9 Å². The molecule has 1 aliphatic carbocycles. The van der Waals surface area contributed by atoms with Gasteiger partial charge in [0, 0.05) is 6.04 Å². The van der Waals surface area contributed by atoms with E-state index in [4.69, 9.17) is 0 Å². The summed E-state index contributed by atoms with van der Waals surface area (Å²) < 4.78 is 0. The molecule has 0 radical (unpaired) electrons. The Morgan fingerprint density at radius 2 is 2.00 bits per heavy atom. The van der Waals surface area contributed by atoms with Gasteiger partial charge in [0.15, 0.2) is 0 Å². The van der Waals surface area contributed by atoms with Gasteiger partial charge < -0.3 is 10.6 Å². The van der Waals surface area contributed by atoms with E-state index in [-0.39, 0.29) is 5.91 Å². The molecule has 0 spiro atoms. The minimum atomic E-state index is 0.143. The van der Waals surface area contributed by atoms with Gasteiger partial charge in [-0.2, -0.15) is 0 Å². The lowest BCUT2D eigenvalue weighted by atomic mass is 10.1. The van der Waals surface area contributed by atoms with Crippen molar-refractivity contribution in [3.63, 3.8) is 0 Å². The first kappa shape index (κ1) is 14.5. The standard InChI is InChI=1S/C14H28N2O/c1-4-13(5-2)16-14(17)10-15-9-12-7-6-11(3)8-12/h11-13,15H,4-10H2,1-3H3,(H,16,17). The van der Waals surface area contributed by atoms with Crippen molar-refractivity contribution in [3.05, 3.63) is 0 Å². The molecule has 1 amide bonds. The molecule has 1 saturated carbocycles. The Morgan fingerprint density at radius 3 is 2.53 bits per heavy atom.